The van der Waals surface area contributed by atoms with Crippen molar-refractivity contribution in [1.29, 1.82) is 0 Å². The first-order valence-corrected chi connectivity index (χ1v) is 8.52. The van der Waals surface area contributed by atoms with Gasteiger partial charge in [0.1, 0.15) is 0 Å². The molecular weight excluding hydrogens is 292 g/mol. The van der Waals surface area contributed by atoms with E-state index in [9.17, 15) is 14.7 Å². The largest absolute Gasteiger partial charge is 0.396 e. The Kier molecular flexibility index (Phi) is 5.99. The molecule has 0 aliphatic heterocycles. The summed E-state index contributed by atoms with van der Waals surface area (Å²) in [5.41, 5.74) is 1.06. The zero-order chi connectivity index (χ0) is 17.0. The van der Waals surface area contributed by atoms with Gasteiger partial charge in [-0.1, -0.05) is 13.8 Å². The van der Waals surface area contributed by atoms with E-state index < -0.39 is 0 Å². The molecule has 1 fully saturated rings. The normalized spacial score (nSPS) is 21.4. The number of amides is 1. The first kappa shape index (κ1) is 17.7. The zero-order valence-electron chi connectivity index (χ0n) is 14.3. The van der Waals surface area contributed by atoms with Gasteiger partial charge in [-0.05, 0) is 50.0 Å². The summed E-state index contributed by atoms with van der Waals surface area (Å²) in [5.74, 6) is 0.697. The maximum atomic E-state index is 12.7. The molecule has 1 aliphatic carbocycles. The maximum absolute atomic E-state index is 12.7. The highest BCUT2D eigenvalue weighted by Gasteiger charge is 2.27. The van der Waals surface area contributed by atoms with E-state index in [2.05, 4.69) is 18.8 Å². The van der Waals surface area contributed by atoms with Gasteiger partial charge in [0, 0.05) is 37.0 Å². The Morgan fingerprint density at radius 1 is 1.30 bits per heavy atom. The van der Waals surface area contributed by atoms with Crippen molar-refractivity contribution < 1.29 is 9.90 Å². The van der Waals surface area contributed by atoms with Gasteiger partial charge in [0.25, 0.3) is 5.91 Å². The number of aliphatic hydroxyl groups is 1. The number of pyridine rings is 1. The Bertz CT molecular complexity index is 586. The second-order valence-electron chi connectivity index (χ2n) is 7.13. The number of hydrogen-bond donors (Lipinski definition) is 2. The molecule has 0 bridgehead atoms. The summed E-state index contributed by atoms with van der Waals surface area (Å²) < 4.78 is 0. The number of carbonyl (C=O) groups is 1. The molecule has 0 unspecified atom stereocenters. The number of aliphatic hydroxyl groups excluding tert-OH is 1. The quantitative estimate of drug-likeness (QED) is 0.873. The Labute approximate surface area is 137 Å². The third-order valence-corrected chi connectivity index (χ3v) is 4.72. The molecule has 1 saturated carbocycles. The van der Waals surface area contributed by atoms with Gasteiger partial charge in [0.2, 0.25) is 5.56 Å². The van der Waals surface area contributed by atoms with Crippen molar-refractivity contribution in [3.8, 4) is 0 Å². The van der Waals surface area contributed by atoms with Gasteiger partial charge in [-0.2, -0.15) is 0 Å². The van der Waals surface area contributed by atoms with E-state index in [0.29, 0.717) is 17.4 Å². The lowest BCUT2D eigenvalue weighted by Gasteiger charge is -2.34. The molecule has 1 aromatic rings. The van der Waals surface area contributed by atoms with Crippen molar-refractivity contribution in [3.05, 3.63) is 33.7 Å². The maximum Gasteiger partial charge on any atom is 0.254 e. The third-order valence-electron chi connectivity index (χ3n) is 4.72. The van der Waals surface area contributed by atoms with Crippen molar-refractivity contribution >= 4 is 5.91 Å². The SMILES string of the molecule is CC(C)Cc1cc(C(=O)N(C)C2CCC(CO)CC2)cc(=O)[nH]1. The second kappa shape index (κ2) is 7.77. The lowest BCUT2D eigenvalue weighted by Crippen LogP contribution is -2.40. The Morgan fingerprint density at radius 2 is 1.96 bits per heavy atom. The molecule has 0 spiro atoms. The fourth-order valence-corrected chi connectivity index (χ4v) is 3.36. The van der Waals surface area contributed by atoms with Crippen LogP contribution in [0.5, 0.6) is 0 Å². The van der Waals surface area contributed by atoms with Crippen LogP contribution in [0.2, 0.25) is 0 Å². The number of aromatic amines is 1. The summed E-state index contributed by atoms with van der Waals surface area (Å²) in [5, 5.41) is 9.22. The van der Waals surface area contributed by atoms with Crippen LogP contribution in [0.3, 0.4) is 0 Å². The molecule has 0 radical (unpaired) electrons. The van der Waals surface area contributed by atoms with E-state index >= 15 is 0 Å². The summed E-state index contributed by atoms with van der Waals surface area (Å²) in [6, 6.07) is 3.39. The topological polar surface area (TPSA) is 73.4 Å². The van der Waals surface area contributed by atoms with Gasteiger partial charge in [0.05, 0.1) is 0 Å². The lowest BCUT2D eigenvalue weighted by atomic mass is 9.86. The van der Waals surface area contributed by atoms with E-state index in [0.717, 1.165) is 37.8 Å². The molecule has 1 aromatic heterocycles. The summed E-state index contributed by atoms with van der Waals surface area (Å²) in [4.78, 5) is 29.1. The predicted molar refractivity (Wildman–Crippen MR) is 90.5 cm³/mol. The van der Waals surface area contributed by atoms with Gasteiger partial charge in [-0.3, -0.25) is 9.59 Å². The van der Waals surface area contributed by atoms with Crippen LogP contribution in [0.1, 0.15) is 55.6 Å². The number of carbonyl (C=O) groups excluding carboxylic acids is 1. The van der Waals surface area contributed by atoms with Crippen LogP contribution < -0.4 is 5.56 Å². The Hall–Kier alpha value is -1.62. The minimum Gasteiger partial charge on any atom is -0.396 e. The molecule has 5 heteroatoms. The highest BCUT2D eigenvalue weighted by Crippen LogP contribution is 2.27. The van der Waals surface area contributed by atoms with Crippen molar-refractivity contribution in [2.45, 2.75) is 52.0 Å². The summed E-state index contributed by atoms with van der Waals surface area (Å²) in [7, 11) is 1.82. The van der Waals surface area contributed by atoms with Gasteiger partial charge in [-0.15, -0.1) is 0 Å². The lowest BCUT2D eigenvalue weighted by molar-refractivity contribution is 0.0652. The van der Waals surface area contributed by atoms with Crippen molar-refractivity contribution in [3.63, 3.8) is 0 Å². The average molecular weight is 320 g/mol. The highest BCUT2D eigenvalue weighted by molar-refractivity contribution is 5.94. The van der Waals surface area contributed by atoms with Crippen LogP contribution in [0, 0.1) is 11.8 Å². The van der Waals surface area contributed by atoms with Crippen LogP contribution in [-0.4, -0.2) is 40.6 Å². The van der Waals surface area contributed by atoms with Crippen LogP contribution >= 0.6 is 0 Å². The van der Waals surface area contributed by atoms with Crippen LogP contribution in [0.4, 0.5) is 0 Å². The number of nitrogens with zero attached hydrogens (tertiary/aromatic N) is 1. The van der Waals surface area contributed by atoms with Crippen LogP contribution in [-0.2, 0) is 6.42 Å². The van der Waals surface area contributed by atoms with E-state index in [1.807, 2.05) is 7.05 Å². The third kappa shape index (κ3) is 4.67. The van der Waals surface area contributed by atoms with Crippen molar-refractivity contribution in [2.24, 2.45) is 11.8 Å². The molecule has 0 atom stereocenters. The van der Waals surface area contributed by atoms with Gasteiger partial charge < -0.3 is 15.0 Å². The minimum atomic E-state index is -0.219. The monoisotopic (exact) mass is 320 g/mol. The molecule has 2 rings (SSSR count). The molecular formula is C18H28N2O3. The number of H-pyrrole nitrogens is 1. The molecule has 5 nitrogen and oxygen atoms in total. The molecule has 23 heavy (non-hydrogen) atoms. The number of rotatable bonds is 5. The standard InChI is InChI=1S/C18H28N2O3/c1-12(2)8-15-9-14(10-17(22)19-15)18(23)20(3)16-6-4-13(11-21)5-7-16/h9-10,12-13,16,21H,4-8,11H2,1-3H3,(H,19,22). The number of nitrogens with one attached hydrogen (secondary N) is 1. The average Bonchev–Trinajstić information content (AvgIpc) is 2.52. The molecule has 2 N–H and O–H groups in total. The number of aromatic nitrogens is 1. The first-order valence-electron chi connectivity index (χ1n) is 8.52. The molecule has 1 amide bonds. The Morgan fingerprint density at radius 3 is 2.52 bits per heavy atom. The van der Waals surface area contributed by atoms with Gasteiger partial charge >= 0.3 is 0 Å². The summed E-state index contributed by atoms with van der Waals surface area (Å²) in [6.07, 6.45) is 4.48. The van der Waals surface area contributed by atoms with E-state index in [4.69, 9.17) is 0 Å². The fraction of sp³-hybridized carbons (Fsp3) is 0.667. The molecule has 128 valence electrons. The Balaban J connectivity index is 2.10. The summed E-state index contributed by atoms with van der Waals surface area (Å²) in [6.45, 7) is 4.40. The highest BCUT2D eigenvalue weighted by atomic mass is 16.3. The summed E-state index contributed by atoms with van der Waals surface area (Å²) >= 11 is 0. The first-order chi connectivity index (χ1) is 10.9. The zero-order valence-corrected chi connectivity index (χ0v) is 14.3. The predicted octanol–water partition coefficient (Wildman–Crippen LogP) is 2.20. The van der Waals surface area contributed by atoms with Crippen molar-refractivity contribution in [2.75, 3.05) is 13.7 Å². The second-order valence-corrected chi connectivity index (χ2v) is 7.13. The molecule has 1 aliphatic rings. The minimum absolute atomic E-state index is 0.0893. The smallest absolute Gasteiger partial charge is 0.254 e. The fourth-order valence-electron chi connectivity index (χ4n) is 3.36. The van der Waals surface area contributed by atoms with E-state index in [-0.39, 0.29) is 24.1 Å². The number of hydrogen-bond acceptors (Lipinski definition) is 3. The van der Waals surface area contributed by atoms with Crippen molar-refractivity contribution in [1.82, 2.24) is 9.88 Å². The molecule has 1 heterocycles. The van der Waals surface area contributed by atoms with Crippen LogP contribution in [0.25, 0.3) is 0 Å². The van der Waals surface area contributed by atoms with E-state index in [1.54, 1.807) is 11.0 Å². The van der Waals surface area contributed by atoms with E-state index in [1.165, 1.54) is 6.07 Å². The van der Waals surface area contributed by atoms with Crippen LogP contribution in [0.15, 0.2) is 16.9 Å². The molecule has 0 saturated heterocycles. The van der Waals surface area contributed by atoms with Gasteiger partial charge in [0.15, 0.2) is 0 Å². The molecule has 0 aromatic carbocycles. The van der Waals surface area contributed by atoms with Gasteiger partial charge in [-0.25, -0.2) is 0 Å².